The van der Waals surface area contributed by atoms with Gasteiger partial charge in [-0.2, -0.15) is 0 Å². The van der Waals surface area contributed by atoms with Crippen LogP contribution in [0.5, 0.6) is 0 Å². The van der Waals surface area contributed by atoms with Crippen molar-refractivity contribution in [1.29, 1.82) is 0 Å². The molecule has 0 saturated carbocycles. The molecule has 0 bridgehead atoms. The number of aromatic amines is 1. The van der Waals surface area contributed by atoms with Gasteiger partial charge in [0.15, 0.2) is 0 Å². The van der Waals surface area contributed by atoms with Crippen LogP contribution in [0, 0.1) is 11.6 Å². The first-order chi connectivity index (χ1) is 12.6. The van der Waals surface area contributed by atoms with Crippen LogP contribution in [-0.4, -0.2) is 32.4 Å². The Morgan fingerprint density at radius 1 is 1.19 bits per heavy atom. The predicted molar refractivity (Wildman–Crippen MR) is 90.5 cm³/mol. The molecule has 4 rings (SSSR count). The molecule has 132 valence electrons. The summed E-state index contributed by atoms with van der Waals surface area (Å²) in [6.45, 7) is 0.379. The van der Waals surface area contributed by atoms with Crippen molar-refractivity contribution in [3.8, 4) is 0 Å². The maximum absolute atomic E-state index is 13.9. The fourth-order valence-corrected chi connectivity index (χ4v) is 3.17. The van der Waals surface area contributed by atoms with E-state index in [0.29, 0.717) is 18.7 Å². The number of para-hydroxylation sites is 1. The molecule has 26 heavy (non-hydrogen) atoms. The van der Waals surface area contributed by atoms with Crippen molar-refractivity contribution in [3.63, 3.8) is 0 Å². The Labute approximate surface area is 147 Å². The summed E-state index contributed by atoms with van der Waals surface area (Å²) in [6.07, 6.45) is 5.41. The van der Waals surface area contributed by atoms with Crippen LogP contribution in [0.15, 0.2) is 49.1 Å². The number of pyridine rings is 1. The number of amides is 2. The number of anilines is 1. The number of carbonyl (C=O) groups is 1. The third-order valence-corrected chi connectivity index (χ3v) is 4.40. The molecule has 0 spiro atoms. The van der Waals surface area contributed by atoms with Gasteiger partial charge in [0.05, 0.1) is 12.0 Å². The second-order valence-electron chi connectivity index (χ2n) is 5.92. The van der Waals surface area contributed by atoms with Crippen LogP contribution in [0.3, 0.4) is 0 Å². The van der Waals surface area contributed by atoms with E-state index in [1.807, 2.05) is 0 Å². The Morgan fingerprint density at radius 3 is 2.65 bits per heavy atom. The smallest absolute Gasteiger partial charge is 0.322 e. The maximum atomic E-state index is 13.9. The highest BCUT2D eigenvalue weighted by Crippen LogP contribution is 2.33. The van der Waals surface area contributed by atoms with E-state index < -0.39 is 29.4 Å². The number of halogens is 2. The minimum Gasteiger partial charge on any atom is -0.348 e. The summed E-state index contributed by atoms with van der Waals surface area (Å²) in [5.41, 5.74) is 2.01. The summed E-state index contributed by atoms with van der Waals surface area (Å²) in [4.78, 5) is 25.8. The van der Waals surface area contributed by atoms with Gasteiger partial charge in [-0.25, -0.2) is 18.6 Å². The van der Waals surface area contributed by atoms with E-state index in [0.717, 1.165) is 23.4 Å². The van der Waals surface area contributed by atoms with Crippen LogP contribution < -0.4 is 5.32 Å². The number of fused-ring (bicyclic) bond motifs is 1. The number of rotatable bonds is 2. The first-order valence-electron chi connectivity index (χ1n) is 8.09. The monoisotopic (exact) mass is 355 g/mol. The molecule has 0 aliphatic carbocycles. The van der Waals surface area contributed by atoms with E-state index in [-0.39, 0.29) is 0 Å². The van der Waals surface area contributed by atoms with Gasteiger partial charge in [-0.15, -0.1) is 0 Å². The van der Waals surface area contributed by atoms with Gasteiger partial charge in [-0.3, -0.25) is 4.98 Å². The molecule has 2 aromatic heterocycles. The summed E-state index contributed by atoms with van der Waals surface area (Å²) >= 11 is 0. The molecule has 1 aliphatic heterocycles. The lowest BCUT2D eigenvalue weighted by Gasteiger charge is -2.35. The number of nitrogens with one attached hydrogen (secondary N) is 2. The van der Waals surface area contributed by atoms with Gasteiger partial charge in [-0.1, -0.05) is 6.07 Å². The number of urea groups is 1. The molecule has 0 radical (unpaired) electrons. The van der Waals surface area contributed by atoms with Crippen molar-refractivity contribution in [2.24, 2.45) is 0 Å². The van der Waals surface area contributed by atoms with Crippen LogP contribution in [0.25, 0.3) is 0 Å². The number of H-pyrrole nitrogens is 1. The summed E-state index contributed by atoms with van der Waals surface area (Å²) in [5, 5.41) is 2.35. The number of benzene rings is 1. The second kappa shape index (κ2) is 6.55. The number of carbonyl (C=O) groups excluding carboxylic acids is 1. The van der Waals surface area contributed by atoms with Crippen LogP contribution in [0.4, 0.5) is 19.3 Å². The summed E-state index contributed by atoms with van der Waals surface area (Å²) in [5.74, 6) is -1.65. The Kier molecular flexibility index (Phi) is 4.08. The van der Waals surface area contributed by atoms with Crippen molar-refractivity contribution >= 4 is 11.7 Å². The predicted octanol–water partition coefficient (Wildman–Crippen LogP) is 3.26. The van der Waals surface area contributed by atoms with Crippen molar-refractivity contribution < 1.29 is 13.6 Å². The van der Waals surface area contributed by atoms with Gasteiger partial charge in [-0.05, 0) is 29.8 Å². The van der Waals surface area contributed by atoms with Gasteiger partial charge >= 0.3 is 6.03 Å². The molecule has 1 atom stereocenters. The van der Waals surface area contributed by atoms with Gasteiger partial charge < -0.3 is 15.2 Å². The Bertz CT molecular complexity index is 924. The van der Waals surface area contributed by atoms with E-state index in [2.05, 4.69) is 20.3 Å². The van der Waals surface area contributed by atoms with Crippen LogP contribution in [0.2, 0.25) is 0 Å². The molecule has 2 amide bonds. The molecule has 3 aromatic rings. The van der Waals surface area contributed by atoms with Crippen molar-refractivity contribution in [3.05, 3.63) is 77.6 Å². The highest BCUT2D eigenvalue weighted by molar-refractivity contribution is 5.90. The molecule has 6 nitrogen and oxygen atoms in total. The van der Waals surface area contributed by atoms with Gasteiger partial charge in [0, 0.05) is 31.1 Å². The zero-order chi connectivity index (χ0) is 18.1. The first kappa shape index (κ1) is 16.2. The molecular weight excluding hydrogens is 340 g/mol. The van der Waals surface area contributed by atoms with Crippen LogP contribution in [-0.2, 0) is 6.42 Å². The number of hydrogen-bond acceptors (Lipinski definition) is 3. The lowest BCUT2D eigenvalue weighted by Crippen LogP contribution is -2.43. The average Bonchev–Trinajstić information content (AvgIpc) is 3.13. The fourth-order valence-electron chi connectivity index (χ4n) is 3.17. The molecule has 8 heteroatoms. The molecule has 2 N–H and O–H groups in total. The molecule has 1 unspecified atom stereocenters. The third kappa shape index (κ3) is 2.79. The molecule has 0 fully saturated rings. The van der Waals surface area contributed by atoms with Crippen molar-refractivity contribution in [2.45, 2.75) is 12.5 Å². The molecule has 0 saturated heterocycles. The minimum atomic E-state index is -0.823. The standard InChI is InChI=1S/C18H15F2N5O/c19-12-2-1-3-13(20)15(12)24-18(26)25-9-6-14-16(23-10-22-14)17(25)11-4-7-21-8-5-11/h1-5,7-8,10,17H,6,9H2,(H,22,23)(H,24,26). The van der Waals surface area contributed by atoms with Crippen LogP contribution in [0.1, 0.15) is 23.0 Å². The Balaban J connectivity index is 1.69. The number of imidazole rings is 1. The number of nitrogens with zero attached hydrogens (tertiary/aromatic N) is 3. The van der Waals surface area contributed by atoms with Crippen molar-refractivity contribution in [2.75, 3.05) is 11.9 Å². The minimum absolute atomic E-state index is 0.379. The van der Waals surface area contributed by atoms with Gasteiger partial charge in [0.1, 0.15) is 23.4 Å². The second-order valence-corrected chi connectivity index (χ2v) is 5.92. The number of aromatic nitrogens is 3. The van der Waals surface area contributed by atoms with E-state index in [1.54, 1.807) is 30.9 Å². The summed E-state index contributed by atoms with van der Waals surface area (Å²) < 4.78 is 27.8. The summed E-state index contributed by atoms with van der Waals surface area (Å²) in [7, 11) is 0. The van der Waals surface area contributed by atoms with Crippen LogP contribution >= 0.6 is 0 Å². The zero-order valence-corrected chi connectivity index (χ0v) is 13.6. The highest BCUT2D eigenvalue weighted by Gasteiger charge is 2.34. The van der Waals surface area contributed by atoms with Gasteiger partial charge in [0.25, 0.3) is 0 Å². The molecule has 1 aliphatic rings. The first-order valence-corrected chi connectivity index (χ1v) is 8.09. The van der Waals surface area contributed by atoms with E-state index in [4.69, 9.17) is 0 Å². The quantitative estimate of drug-likeness (QED) is 0.741. The topological polar surface area (TPSA) is 73.9 Å². The lowest BCUT2D eigenvalue weighted by molar-refractivity contribution is 0.192. The maximum Gasteiger partial charge on any atom is 0.322 e. The lowest BCUT2D eigenvalue weighted by atomic mass is 9.97. The Hall–Kier alpha value is -3.29. The third-order valence-electron chi connectivity index (χ3n) is 4.40. The SMILES string of the molecule is O=C(Nc1c(F)cccc1F)N1CCc2[nH]cnc2C1c1ccncc1. The molecular formula is C18H15F2N5O. The zero-order valence-electron chi connectivity index (χ0n) is 13.6. The fraction of sp³-hybridized carbons (Fsp3) is 0.167. The van der Waals surface area contributed by atoms with E-state index >= 15 is 0 Å². The summed E-state index contributed by atoms with van der Waals surface area (Å²) in [6, 6.07) is 5.96. The Morgan fingerprint density at radius 2 is 1.92 bits per heavy atom. The van der Waals surface area contributed by atoms with Gasteiger partial charge in [0.2, 0.25) is 0 Å². The highest BCUT2D eigenvalue weighted by atomic mass is 19.1. The van der Waals surface area contributed by atoms with E-state index in [9.17, 15) is 13.6 Å². The average molecular weight is 355 g/mol. The van der Waals surface area contributed by atoms with E-state index in [1.165, 1.54) is 11.0 Å². The number of hydrogen-bond donors (Lipinski definition) is 2. The molecule has 1 aromatic carbocycles. The molecule has 3 heterocycles. The normalized spacial score (nSPS) is 16.2. The van der Waals surface area contributed by atoms with Crippen molar-refractivity contribution in [1.82, 2.24) is 19.9 Å². The largest absolute Gasteiger partial charge is 0.348 e.